The maximum atomic E-state index is 12.9. The molecule has 23 heavy (non-hydrogen) atoms. The third-order valence-corrected chi connectivity index (χ3v) is 4.28. The van der Waals surface area contributed by atoms with E-state index in [9.17, 15) is 10.1 Å². The molecule has 5 nitrogen and oxygen atoms in total. The van der Waals surface area contributed by atoms with Crippen LogP contribution in [-0.2, 0) is 13.6 Å². The van der Waals surface area contributed by atoms with Crippen LogP contribution in [0.2, 0.25) is 0 Å². The van der Waals surface area contributed by atoms with Crippen molar-refractivity contribution in [1.82, 2.24) is 14.7 Å². The fourth-order valence-electron chi connectivity index (χ4n) is 3.24. The summed E-state index contributed by atoms with van der Waals surface area (Å²) in [4.78, 5) is 14.6. The van der Waals surface area contributed by atoms with E-state index in [1.165, 1.54) is 0 Å². The van der Waals surface area contributed by atoms with Crippen molar-refractivity contribution in [2.75, 3.05) is 0 Å². The number of carbonyl (C=O) groups is 1. The second-order valence-corrected chi connectivity index (χ2v) is 5.74. The zero-order chi connectivity index (χ0) is 16.0. The van der Waals surface area contributed by atoms with Crippen molar-refractivity contribution in [3.63, 3.8) is 0 Å². The molecule has 1 unspecified atom stereocenters. The molecular formula is C18H14N4O. The Hall–Kier alpha value is -3.13. The maximum Gasteiger partial charge on any atom is 0.256 e. The Kier molecular flexibility index (Phi) is 2.91. The minimum Gasteiger partial charge on any atom is -0.314 e. The number of nitriles is 1. The van der Waals surface area contributed by atoms with Gasteiger partial charge in [0.05, 0.1) is 24.4 Å². The van der Waals surface area contributed by atoms with Crippen molar-refractivity contribution in [3.05, 3.63) is 65.5 Å². The summed E-state index contributed by atoms with van der Waals surface area (Å²) in [5, 5.41) is 15.6. The normalized spacial score (nSPS) is 16.6. The summed E-state index contributed by atoms with van der Waals surface area (Å²) < 4.78 is 1.69. The Labute approximate surface area is 133 Å². The van der Waals surface area contributed by atoms with Crippen LogP contribution in [0.5, 0.6) is 0 Å². The third-order valence-electron chi connectivity index (χ3n) is 4.28. The van der Waals surface area contributed by atoms with Gasteiger partial charge in [0.1, 0.15) is 6.04 Å². The van der Waals surface area contributed by atoms with Crippen LogP contribution in [0.3, 0.4) is 0 Å². The van der Waals surface area contributed by atoms with Crippen LogP contribution in [-0.4, -0.2) is 20.6 Å². The van der Waals surface area contributed by atoms with Gasteiger partial charge >= 0.3 is 0 Å². The van der Waals surface area contributed by atoms with Gasteiger partial charge in [-0.3, -0.25) is 9.48 Å². The van der Waals surface area contributed by atoms with Crippen LogP contribution in [0.15, 0.2) is 48.8 Å². The number of nitrogens with zero attached hydrogens (tertiary/aromatic N) is 4. The average molecular weight is 302 g/mol. The first kappa shape index (κ1) is 13.5. The zero-order valence-electron chi connectivity index (χ0n) is 12.6. The number of aryl methyl sites for hydroxylation is 1. The van der Waals surface area contributed by atoms with Crippen LogP contribution < -0.4 is 0 Å². The molecule has 4 rings (SSSR count). The molecule has 1 amide bonds. The number of rotatable bonds is 2. The number of aromatic nitrogens is 2. The van der Waals surface area contributed by atoms with Crippen LogP contribution in [0, 0.1) is 11.3 Å². The SMILES string of the molecule is Cn1cc(CN2C(=O)c3c(ccc4ccccc34)C2C#N)cn1. The Bertz CT molecular complexity index is 967. The maximum absolute atomic E-state index is 12.9. The Morgan fingerprint density at radius 1 is 1.26 bits per heavy atom. The molecule has 1 atom stereocenters. The summed E-state index contributed by atoms with van der Waals surface area (Å²) in [6.45, 7) is 0.383. The van der Waals surface area contributed by atoms with Crippen LogP contribution in [0.1, 0.15) is 27.5 Å². The van der Waals surface area contributed by atoms with E-state index in [1.807, 2.05) is 49.6 Å². The van der Waals surface area contributed by atoms with Gasteiger partial charge in [0.25, 0.3) is 5.91 Å². The lowest BCUT2D eigenvalue weighted by atomic mass is 9.98. The van der Waals surface area contributed by atoms with Crippen molar-refractivity contribution in [2.24, 2.45) is 7.05 Å². The summed E-state index contributed by atoms with van der Waals surface area (Å²) in [5.41, 5.74) is 2.36. The molecule has 1 aromatic heterocycles. The summed E-state index contributed by atoms with van der Waals surface area (Å²) in [6, 6.07) is 13.4. The van der Waals surface area contributed by atoms with Crippen LogP contribution in [0.25, 0.3) is 10.8 Å². The van der Waals surface area contributed by atoms with Gasteiger partial charge in [-0.15, -0.1) is 0 Å². The van der Waals surface area contributed by atoms with Gasteiger partial charge in [0, 0.05) is 24.4 Å². The van der Waals surface area contributed by atoms with Crippen LogP contribution >= 0.6 is 0 Å². The molecule has 0 N–H and O–H groups in total. The Morgan fingerprint density at radius 3 is 2.83 bits per heavy atom. The molecule has 1 aliphatic rings. The van der Waals surface area contributed by atoms with Crippen molar-refractivity contribution in [3.8, 4) is 6.07 Å². The highest BCUT2D eigenvalue weighted by Crippen LogP contribution is 2.38. The van der Waals surface area contributed by atoms with Crippen molar-refractivity contribution in [1.29, 1.82) is 5.26 Å². The number of fused-ring (bicyclic) bond motifs is 3. The van der Waals surface area contributed by atoms with Gasteiger partial charge in [-0.05, 0) is 10.8 Å². The largest absolute Gasteiger partial charge is 0.314 e. The van der Waals surface area contributed by atoms with Gasteiger partial charge in [-0.1, -0.05) is 36.4 Å². The topological polar surface area (TPSA) is 61.9 Å². The monoisotopic (exact) mass is 302 g/mol. The van der Waals surface area contributed by atoms with E-state index in [-0.39, 0.29) is 5.91 Å². The number of amides is 1. The molecule has 0 aliphatic carbocycles. The first-order valence-electron chi connectivity index (χ1n) is 7.39. The molecule has 0 saturated carbocycles. The molecule has 2 aromatic carbocycles. The highest BCUT2D eigenvalue weighted by atomic mass is 16.2. The number of hydrogen-bond acceptors (Lipinski definition) is 3. The molecule has 0 fully saturated rings. The highest BCUT2D eigenvalue weighted by molar-refractivity contribution is 6.11. The first-order chi connectivity index (χ1) is 11.2. The average Bonchev–Trinajstić information content (AvgIpc) is 3.09. The lowest BCUT2D eigenvalue weighted by molar-refractivity contribution is 0.0746. The predicted octanol–water partition coefficient (Wildman–Crippen LogP) is 2.79. The Morgan fingerprint density at radius 2 is 2.09 bits per heavy atom. The molecule has 0 bridgehead atoms. The summed E-state index contributed by atoms with van der Waals surface area (Å²) in [7, 11) is 1.83. The second-order valence-electron chi connectivity index (χ2n) is 5.74. The summed E-state index contributed by atoms with van der Waals surface area (Å²) >= 11 is 0. The summed E-state index contributed by atoms with van der Waals surface area (Å²) in [6.07, 6.45) is 3.59. The van der Waals surface area contributed by atoms with Gasteiger partial charge < -0.3 is 4.90 Å². The molecule has 2 heterocycles. The second kappa shape index (κ2) is 4.96. The zero-order valence-corrected chi connectivity index (χ0v) is 12.6. The minimum atomic E-state index is -0.553. The third kappa shape index (κ3) is 2.00. The Balaban J connectivity index is 1.83. The van der Waals surface area contributed by atoms with Gasteiger partial charge in [0.2, 0.25) is 0 Å². The standard InChI is InChI=1S/C18H14N4O/c1-21-10-12(9-20-21)11-22-16(8-19)15-7-6-13-4-2-3-5-14(13)17(15)18(22)23/h2-7,9-10,16H,11H2,1H3. The van der Waals surface area contributed by atoms with E-state index in [0.717, 1.165) is 21.9 Å². The van der Waals surface area contributed by atoms with E-state index >= 15 is 0 Å². The van der Waals surface area contributed by atoms with Crippen molar-refractivity contribution >= 4 is 16.7 Å². The smallest absolute Gasteiger partial charge is 0.256 e. The minimum absolute atomic E-state index is 0.0906. The van der Waals surface area contributed by atoms with E-state index in [2.05, 4.69) is 11.2 Å². The van der Waals surface area contributed by atoms with E-state index in [4.69, 9.17) is 0 Å². The number of benzene rings is 2. The molecule has 1 aliphatic heterocycles. The molecule has 0 spiro atoms. The van der Waals surface area contributed by atoms with E-state index in [1.54, 1.807) is 15.8 Å². The summed E-state index contributed by atoms with van der Waals surface area (Å²) in [5.74, 6) is -0.0906. The van der Waals surface area contributed by atoms with Gasteiger partial charge in [0.15, 0.2) is 0 Å². The first-order valence-corrected chi connectivity index (χ1v) is 7.39. The van der Waals surface area contributed by atoms with Gasteiger partial charge in [-0.2, -0.15) is 10.4 Å². The predicted molar refractivity (Wildman–Crippen MR) is 85.4 cm³/mol. The lowest BCUT2D eigenvalue weighted by Crippen LogP contribution is -2.26. The molecule has 112 valence electrons. The lowest BCUT2D eigenvalue weighted by Gasteiger charge is -2.18. The van der Waals surface area contributed by atoms with Gasteiger partial charge in [-0.25, -0.2) is 0 Å². The highest BCUT2D eigenvalue weighted by Gasteiger charge is 2.38. The fraction of sp³-hybridized carbons (Fsp3) is 0.167. The quantitative estimate of drug-likeness (QED) is 0.731. The van der Waals surface area contributed by atoms with E-state index in [0.29, 0.717) is 12.1 Å². The van der Waals surface area contributed by atoms with Crippen molar-refractivity contribution in [2.45, 2.75) is 12.6 Å². The molecule has 5 heteroatoms. The number of carbonyl (C=O) groups excluding carboxylic acids is 1. The van der Waals surface area contributed by atoms with Crippen LogP contribution in [0.4, 0.5) is 0 Å². The van der Waals surface area contributed by atoms with E-state index < -0.39 is 6.04 Å². The molecule has 3 aromatic rings. The molecular weight excluding hydrogens is 288 g/mol. The molecule has 0 radical (unpaired) electrons. The molecule has 0 saturated heterocycles. The fourth-order valence-corrected chi connectivity index (χ4v) is 3.24. The number of hydrogen-bond donors (Lipinski definition) is 0. The van der Waals surface area contributed by atoms with Crippen molar-refractivity contribution < 1.29 is 4.79 Å².